The van der Waals surface area contributed by atoms with Crippen LogP contribution in [0.4, 0.5) is 13.2 Å². The highest BCUT2D eigenvalue weighted by Gasteiger charge is 2.63. The van der Waals surface area contributed by atoms with Gasteiger partial charge in [-0.25, -0.2) is 4.79 Å². The van der Waals surface area contributed by atoms with Crippen LogP contribution in [0.3, 0.4) is 0 Å². The Kier molecular flexibility index (Phi) is 4.46. The van der Waals surface area contributed by atoms with Gasteiger partial charge in [0.2, 0.25) is 5.91 Å². The van der Waals surface area contributed by atoms with Crippen LogP contribution in [0.25, 0.3) is 0 Å². The van der Waals surface area contributed by atoms with Crippen molar-refractivity contribution in [2.24, 2.45) is 5.41 Å². The molecule has 0 aromatic rings. The predicted octanol–water partition coefficient (Wildman–Crippen LogP) is 1.38. The zero-order valence-electron chi connectivity index (χ0n) is 11.6. The monoisotopic (exact) mass is 308 g/mol. The molecular formula is C13H19F3N2O3. The number of hydrogen-bond donors (Lipinski definition) is 2. The van der Waals surface area contributed by atoms with E-state index in [1.807, 2.05) is 0 Å². The largest absolute Gasteiger partial charge is 0.480 e. The van der Waals surface area contributed by atoms with E-state index in [2.05, 4.69) is 5.32 Å². The van der Waals surface area contributed by atoms with Gasteiger partial charge in [-0.2, -0.15) is 13.2 Å². The number of carboxylic acid groups (broad SMARTS) is 1. The summed E-state index contributed by atoms with van der Waals surface area (Å²) in [6.07, 6.45) is -2.93. The first-order valence-electron chi connectivity index (χ1n) is 7.11. The van der Waals surface area contributed by atoms with Crippen molar-refractivity contribution < 1.29 is 27.9 Å². The van der Waals surface area contributed by atoms with Gasteiger partial charge in [0.1, 0.15) is 6.04 Å². The first-order chi connectivity index (χ1) is 9.79. The van der Waals surface area contributed by atoms with E-state index in [1.54, 1.807) is 0 Å². The standard InChI is InChI=1S/C13H19F3N2O3/c14-13(15,16)12(5-6-17-8-12)11(21)18-7-3-1-2-4-9(18)10(19)20/h9,17H,1-8H2,(H,19,20). The molecule has 2 heterocycles. The molecular weight excluding hydrogens is 289 g/mol. The first kappa shape index (κ1) is 16.1. The topological polar surface area (TPSA) is 69.6 Å². The van der Waals surface area contributed by atoms with Gasteiger partial charge in [0.25, 0.3) is 0 Å². The van der Waals surface area contributed by atoms with E-state index < -0.39 is 36.1 Å². The van der Waals surface area contributed by atoms with Crippen LogP contribution in [0.5, 0.6) is 0 Å². The summed E-state index contributed by atoms with van der Waals surface area (Å²) in [5, 5.41) is 11.8. The van der Waals surface area contributed by atoms with Crippen molar-refractivity contribution in [1.29, 1.82) is 0 Å². The number of carbonyl (C=O) groups excluding carboxylic acids is 1. The second-order valence-electron chi connectivity index (χ2n) is 5.71. The molecule has 120 valence electrons. The van der Waals surface area contributed by atoms with Crippen molar-refractivity contribution in [3.63, 3.8) is 0 Å². The van der Waals surface area contributed by atoms with E-state index in [4.69, 9.17) is 0 Å². The van der Waals surface area contributed by atoms with Crippen molar-refractivity contribution in [2.75, 3.05) is 19.6 Å². The Labute approximate surface area is 120 Å². The normalized spacial score (nSPS) is 31.0. The lowest BCUT2D eigenvalue weighted by Gasteiger charge is -2.37. The molecule has 2 aliphatic rings. The Balaban J connectivity index is 2.32. The lowest BCUT2D eigenvalue weighted by molar-refractivity contribution is -0.223. The van der Waals surface area contributed by atoms with Crippen molar-refractivity contribution in [1.82, 2.24) is 10.2 Å². The van der Waals surface area contributed by atoms with Crippen LogP contribution in [-0.2, 0) is 9.59 Å². The summed E-state index contributed by atoms with van der Waals surface area (Å²) in [4.78, 5) is 24.8. The highest BCUT2D eigenvalue weighted by molar-refractivity contribution is 5.88. The summed E-state index contributed by atoms with van der Waals surface area (Å²) in [6.45, 7) is -0.289. The molecule has 8 heteroatoms. The number of rotatable bonds is 2. The highest BCUT2D eigenvalue weighted by Crippen LogP contribution is 2.45. The third-order valence-corrected chi connectivity index (χ3v) is 4.41. The van der Waals surface area contributed by atoms with Crippen LogP contribution in [0.2, 0.25) is 0 Å². The maximum Gasteiger partial charge on any atom is 0.404 e. The maximum absolute atomic E-state index is 13.4. The van der Waals surface area contributed by atoms with Gasteiger partial charge in [0.05, 0.1) is 0 Å². The fourth-order valence-corrected chi connectivity index (χ4v) is 3.12. The van der Waals surface area contributed by atoms with Gasteiger partial charge in [0.15, 0.2) is 5.41 Å². The average molecular weight is 308 g/mol. The predicted molar refractivity (Wildman–Crippen MR) is 67.6 cm³/mol. The number of hydrogen-bond acceptors (Lipinski definition) is 3. The van der Waals surface area contributed by atoms with Crippen LogP contribution in [-0.4, -0.2) is 53.7 Å². The number of aliphatic carboxylic acids is 1. The smallest absolute Gasteiger partial charge is 0.404 e. The van der Waals surface area contributed by atoms with Gasteiger partial charge in [-0.15, -0.1) is 0 Å². The van der Waals surface area contributed by atoms with E-state index in [1.165, 1.54) is 0 Å². The number of carboxylic acids is 1. The van der Waals surface area contributed by atoms with Crippen LogP contribution in [0.1, 0.15) is 32.1 Å². The molecule has 2 aliphatic heterocycles. The second kappa shape index (κ2) is 5.82. The van der Waals surface area contributed by atoms with E-state index in [0.29, 0.717) is 12.8 Å². The minimum atomic E-state index is -4.68. The molecule has 0 saturated carbocycles. The Hall–Kier alpha value is -1.31. The molecule has 2 N–H and O–H groups in total. The van der Waals surface area contributed by atoms with Gasteiger partial charge in [-0.1, -0.05) is 12.8 Å². The summed E-state index contributed by atoms with van der Waals surface area (Å²) in [5.74, 6) is -2.32. The minimum Gasteiger partial charge on any atom is -0.480 e. The minimum absolute atomic E-state index is 0.0770. The van der Waals surface area contributed by atoms with Gasteiger partial charge in [0, 0.05) is 13.1 Å². The summed E-state index contributed by atoms with van der Waals surface area (Å²) in [6, 6.07) is -1.15. The number of alkyl halides is 3. The Morgan fingerprint density at radius 3 is 2.48 bits per heavy atom. The molecule has 0 bridgehead atoms. The third-order valence-electron chi connectivity index (χ3n) is 4.41. The van der Waals surface area contributed by atoms with Crippen LogP contribution in [0.15, 0.2) is 0 Å². The van der Waals surface area contributed by atoms with Gasteiger partial charge in [-0.3, -0.25) is 4.79 Å². The van der Waals surface area contributed by atoms with E-state index in [0.717, 1.165) is 11.3 Å². The molecule has 0 aromatic carbocycles. The number of carbonyl (C=O) groups is 2. The zero-order valence-corrected chi connectivity index (χ0v) is 11.6. The van der Waals surface area contributed by atoms with E-state index in [-0.39, 0.29) is 25.9 Å². The molecule has 2 rings (SSSR count). The molecule has 0 radical (unpaired) electrons. The molecule has 21 heavy (non-hydrogen) atoms. The third kappa shape index (κ3) is 2.86. The molecule has 0 spiro atoms. The van der Waals surface area contributed by atoms with Crippen molar-refractivity contribution in [2.45, 2.75) is 44.3 Å². The highest BCUT2D eigenvalue weighted by atomic mass is 19.4. The number of halogens is 3. The van der Waals surface area contributed by atoms with E-state index >= 15 is 0 Å². The molecule has 2 atom stereocenters. The number of nitrogens with one attached hydrogen (secondary N) is 1. The molecule has 5 nitrogen and oxygen atoms in total. The molecule has 0 aromatic heterocycles. The first-order valence-corrected chi connectivity index (χ1v) is 7.11. The fourth-order valence-electron chi connectivity index (χ4n) is 3.12. The number of likely N-dealkylation sites (tertiary alicyclic amines) is 1. The molecule has 0 aliphatic carbocycles. The summed E-state index contributed by atoms with van der Waals surface area (Å²) < 4.78 is 40.2. The van der Waals surface area contributed by atoms with Crippen LogP contribution in [0, 0.1) is 5.41 Å². The molecule has 1 amide bonds. The lowest BCUT2D eigenvalue weighted by atomic mass is 9.84. The maximum atomic E-state index is 13.4. The number of amides is 1. The van der Waals surface area contributed by atoms with Crippen LogP contribution < -0.4 is 5.32 Å². The van der Waals surface area contributed by atoms with Crippen molar-refractivity contribution in [3.8, 4) is 0 Å². The van der Waals surface area contributed by atoms with Gasteiger partial charge in [-0.05, 0) is 25.8 Å². The Bertz CT molecular complexity index is 419. The summed E-state index contributed by atoms with van der Waals surface area (Å²) in [7, 11) is 0. The summed E-state index contributed by atoms with van der Waals surface area (Å²) in [5.41, 5.74) is -2.48. The van der Waals surface area contributed by atoms with E-state index in [9.17, 15) is 27.9 Å². The summed E-state index contributed by atoms with van der Waals surface area (Å²) >= 11 is 0. The lowest BCUT2D eigenvalue weighted by Crippen LogP contribution is -2.57. The second-order valence-corrected chi connectivity index (χ2v) is 5.71. The van der Waals surface area contributed by atoms with Gasteiger partial charge >= 0.3 is 12.1 Å². The van der Waals surface area contributed by atoms with Gasteiger partial charge < -0.3 is 15.3 Å². The van der Waals surface area contributed by atoms with Crippen LogP contribution >= 0.6 is 0 Å². The SMILES string of the molecule is O=C(O)C1CCCCCN1C(=O)C1(C(F)(F)F)CCNC1. The molecule has 2 fully saturated rings. The average Bonchev–Trinajstić information content (AvgIpc) is 2.77. The number of nitrogens with zero attached hydrogens (tertiary/aromatic N) is 1. The zero-order chi connectivity index (χ0) is 15.7. The van der Waals surface area contributed by atoms with Crippen molar-refractivity contribution >= 4 is 11.9 Å². The quantitative estimate of drug-likeness (QED) is 0.809. The van der Waals surface area contributed by atoms with Crippen molar-refractivity contribution in [3.05, 3.63) is 0 Å². The molecule has 2 unspecified atom stereocenters. The fraction of sp³-hybridized carbons (Fsp3) is 0.846. The molecule has 2 saturated heterocycles. The Morgan fingerprint density at radius 1 is 1.24 bits per heavy atom. The Morgan fingerprint density at radius 2 is 1.95 bits per heavy atom.